The molecule has 2 heterocycles. The molecule has 0 saturated carbocycles. The molecule has 3 aromatic rings. The van der Waals surface area contributed by atoms with Gasteiger partial charge in [-0.15, -0.1) is 0 Å². The third-order valence-electron chi connectivity index (χ3n) is 6.29. The summed E-state index contributed by atoms with van der Waals surface area (Å²) in [5.41, 5.74) is 0.877. The zero-order valence-electron chi connectivity index (χ0n) is 23.1. The number of hydrogen-bond donors (Lipinski definition) is 1. The summed E-state index contributed by atoms with van der Waals surface area (Å²) >= 11 is 0.906. The van der Waals surface area contributed by atoms with Crippen LogP contribution in [-0.4, -0.2) is 55.2 Å². The first-order valence-electron chi connectivity index (χ1n) is 12.8. The zero-order valence-corrected chi connectivity index (χ0v) is 23.9. The van der Waals surface area contributed by atoms with Gasteiger partial charge in [-0.25, -0.2) is 9.78 Å². The van der Waals surface area contributed by atoms with E-state index < -0.39 is 23.7 Å². The van der Waals surface area contributed by atoms with E-state index >= 15 is 0 Å². The fourth-order valence-electron chi connectivity index (χ4n) is 4.33. The van der Waals surface area contributed by atoms with E-state index in [1.165, 1.54) is 25.2 Å². The van der Waals surface area contributed by atoms with Crippen LogP contribution in [0.1, 0.15) is 45.9 Å². The van der Waals surface area contributed by atoms with E-state index in [2.05, 4.69) is 11.6 Å². The molecule has 1 fully saturated rings. The van der Waals surface area contributed by atoms with Crippen LogP contribution in [0.4, 0.5) is 5.13 Å². The van der Waals surface area contributed by atoms with Gasteiger partial charge in [0.1, 0.15) is 40.5 Å². The Morgan fingerprint density at radius 2 is 1.83 bits per heavy atom. The van der Waals surface area contributed by atoms with Crippen molar-refractivity contribution in [1.29, 1.82) is 0 Å². The van der Waals surface area contributed by atoms with Gasteiger partial charge in [-0.3, -0.25) is 14.5 Å². The maximum atomic E-state index is 13.6. The predicted octanol–water partition coefficient (Wildman–Crippen LogP) is 5.23. The minimum absolute atomic E-state index is 0.00133. The van der Waals surface area contributed by atoms with Crippen molar-refractivity contribution in [2.75, 3.05) is 32.3 Å². The van der Waals surface area contributed by atoms with E-state index in [-0.39, 0.29) is 27.9 Å². The maximum Gasteiger partial charge on any atom is 0.350 e. The number of methoxy groups -OCH3 is 2. The number of esters is 1. The summed E-state index contributed by atoms with van der Waals surface area (Å²) in [4.78, 5) is 45.5. The largest absolute Gasteiger partial charge is 0.507 e. The van der Waals surface area contributed by atoms with Crippen LogP contribution in [0, 0.1) is 6.92 Å². The van der Waals surface area contributed by atoms with Gasteiger partial charge >= 0.3 is 11.9 Å². The van der Waals surface area contributed by atoms with Crippen molar-refractivity contribution in [3.63, 3.8) is 0 Å². The molecule has 4 rings (SSSR count). The van der Waals surface area contributed by atoms with Crippen LogP contribution in [0.25, 0.3) is 5.76 Å². The highest BCUT2D eigenvalue weighted by atomic mass is 32.1. The Balaban J connectivity index is 1.89. The number of aromatic nitrogens is 1. The fourth-order valence-corrected chi connectivity index (χ4v) is 5.32. The normalized spacial score (nSPS) is 16.0. The van der Waals surface area contributed by atoms with Crippen LogP contribution in [0.2, 0.25) is 0 Å². The van der Waals surface area contributed by atoms with Crippen LogP contribution < -0.4 is 19.1 Å². The number of ether oxygens (including phenoxy) is 4. The Kier molecular flexibility index (Phi) is 9.08. The molecular weight excluding hydrogens is 548 g/mol. The molecule has 2 aromatic carbocycles. The molecule has 1 aromatic heterocycles. The number of thiazole rings is 1. The molecule has 0 spiro atoms. The lowest BCUT2D eigenvalue weighted by Gasteiger charge is -2.24. The van der Waals surface area contributed by atoms with Crippen LogP contribution in [-0.2, 0) is 14.3 Å². The van der Waals surface area contributed by atoms with Gasteiger partial charge in [0.15, 0.2) is 5.13 Å². The number of aliphatic hydroxyl groups excluding tert-OH is 1. The summed E-state index contributed by atoms with van der Waals surface area (Å²) in [6, 6.07) is 10.4. The summed E-state index contributed by atoms with van der Waals surface area (Å²) in [5.74, 6) is -1.44. The molecule has 11 heteroatoms. The molecule has 1 atom stereocenters. The van der Waals surface area contributed by atoms with Crippen LogP contribution in [0.3, 0.4) is 0 Å². The minimum Gasteiger partial charge on any atom is -0.507 e. The van der Waals surface area contributed by atoms with Gasteiger partial charge in [0.25, 0.3) is 5.78 Å². The number of carbonyl (C=O) groups excluding carboxylic acids is 3. The second-order valence-electron chi connectivity index (χ2n) is 8.95. The van der Waals surface area contributed by atoms with Crippen LogP contribution in [0.15, 0.2) is 60.7 Å². The summed E-state index contributed by atoms with van der Waals surface area (Å²) < 4.78 is 21.7. The number of nitrogens with zero attached hydrogens (tertiary/aromatic N) is 2. The van der Waals surface area contributed by atoms with E-state index in [1.54, 1.807) is 49.4 Å². The fraction of sp³-hybridized carbons (Fsp3) is 0.267. The van der Waals surface area contributed by atoms with Gasteiger partial charge in [0, 0.05) is 17.2 Å². The average Bonchev–Trinajstić information content (AvgIpc) is 3.50. The third kappa shape index (κ3) is 5.80. The quantitative estimate of drug-likeness (QED) is 0.107. The Bertz CT molecular complexity index is 1510. The smallest absolute Gasteiger partial charge is 0.350 e. The number of aliphatic hydroxyl groups is 1. The molecule has 1 aliphatic rings. The number of hydrogen-bond acceptors (Lipinski definition) is 10. The van der Waals surface area contributed by atoms with Gasteiger partial charge in [0.2, 0.25) is 0 Å². The number of carbonyl (C=O) groups is 3. The van der Waals surface area contributed by atoms with E-state index in [1.807, 2.05) is 6.92 Å². The van der Waals surface area contributed by atoms with Crippen molar-refractivity contribution >= 4 is 39.9 Å². The number of benzene rings is 2. The Labute approximate surface area is 241 Å². The topological polar surface area (TPSA) is 124 Å². The molecule has 10 nitrogen and oxygen atoms in total. The van der Waals surface area contributed by atoms with Crippen LogP contribution in [0.5, 0.6) is 17.2 Å². The highest BCUT2D eigenvalue weighted by Gasteiger charge is 2.49. The van der Waals surface area contributed by atoms with Crippen molar-refractivity contribution in [3.8, 4) is 17.2 Å². The first-order chi connectivity index (χ1) is 19.7. The van der Waals surface area contributed by atoms with Crippen molar-refractivity contribution in [2.24, 2.45) is 0 Å². The second-order valence-corrected chi connectivity index (χ2v) is 9.93. The van der Waals surface area contributed by atoms with Gasteiger partial charge in [-0.2, -0.15) is 0 Å². The van der Waals surface area contributed by atoms with E-state index in [4.69, 9.17) is 18.9 Å². The molecule has 1 aliphatic heterocycles. The molecule has 1 saturated heterocycles. The predicted molar refractivity (Wildman–Crippen MR) is 154 cm³/mol. The molecule has 1 unspecified atom stereocenters. The number of anilines is 1. The van der Waals surface area contributed by atoms with Crippen molar-refractivity contribution in [1.82, 2.24) is 4.98 Å². The number of ketones is 1. The van der Waals surface area contributed by atoms with Crippen molar-refractivity contribution in [2.45, 2.75) is 26.3 Å². The van der Waals surface area contributed by atoms with Crippen LogP contribution >= 0.6 is 11.3 Å². The molecular formula is C30H30N2O8S. The summed E-state index contributed by atoms with van der Waals surface area (Å²) in [6.45, 7) is 7.67. The van der Waals surface area contributed by atoms with E-state index in [9.17, 15) is 19.5 Å². The Morgan fingerprint density at radius 3 is 2.46 bits per heavy atom. The number of rotatable bonds is 11. The Morgan fingerprint density at radius 1 is 1.12 bits per heavy atom. The molecule has 0 aliphatic carbocycles. The number of amides is 1. The zero-order chi connectivity index (χ0) is 29.7. The number of aryl methyl sites for hydroxylation is 1. The molecule has 214 valence electrons. The standard InChI is InChI=1S/C30H30N2O8S/c1-6-14-39-19-10-8-18(9-11-19)25(33)23-24(21-13-12-20(37-4)16-22(21)38-5)32(28(35)26(23)34)30-31-17(3)27(41-30)29(36)40-15-7-2/h7-13,16,24,33H,2,6,14-15H2,1,3-5H3/b25-23+. The van der Waals surface area contributed by atoms with Crippen molar-refractivity contribution in [3.05, 3.63) is 82.4 Å². The summed E-state index contributed by atoms with van der Waals surface area (Å²) in [5, 5.41) is 11.5. The maximum absolute atomic E-state index is 13.6. The third-order valence-corrected chi connectivity index (χ3v) is 7.43. The first kappa shape index (κ1) is 29.3. The van der Waals surface area contributed by atoms with Gasteiger partial charge < -0.3 is 24.1 Å². The molecule has 1 N–H and O–H groups in total. The minimum atomic E-state index is -1.13. The molecule has 1 amide bonds. The first-order valence-corrected chi connectivity index (χ1v) is 13.6. The lowest BCUT2D eigenvalue weighted by Crippen LogP contribution is -2.29. The van der Waals surface area contributed by atoms with Gasteiger partial charge in [-0.05, 0) is 49.7 Å². The van der Waals surface area contributed by atoms with E-state index in [0.717, 1.165) is 17.8 Å². The second kappa shape index (κ2) is 12.7. The lowest BCUT2D eigenvalue weighted by atomic mass is 9.94. The SMILES string of the molecule is C=CCOC(=O)c1sc(N2C(=O)C(=O)/C(=C(/O)c3ccc(OCCC)cc3)C2c2ccc(OC)cc2OC)nc1C. The molecule has 0 radical (unpaired) electrons. The summed E-state index contributed by atoms with van der Waals surface area (Å²) in [7, 11) is 2.94. The molecule has 41 heavy (non-hydrogen) atoms. The number of Topliss-reactive ketones (excluding diaryl/α,β-unsaturated/α-hetero) is 1. The van der Waals surface area contributed by atoms with Gasteiger partial charge in [-0.1, -0.05) is 30.9 Å². The average molecular weight is 579 g/mol. The Hall–Kier alpha value is -4.64. The monoisotopic (exact) mass is 578 g/mol. The van der Waals surface area contributed by atoms with E-state index in [0.29, 0.717) is 40.7 Å². The lowest BCUT2D eigenvalue weighted by molar-refractivity contribution is -0.132. The van der Waals surface area contributed by atoms with Crippen molar-refractivity contribution < 1.29 is 38.4 Å². The highest BCUT2D eigenvalue weighted by Crippen LogP contribution is 2.47. The summed E-state index contributed by atoms with van der Waals surface area (Å²) in [6.07, 6.45) is 2.27. The highest BCUT2D eigenvalue weighted by molar-refractivity contribution is 7.17. The van der Waals surface area contributed by atoms with Gasteiger partial charge in [0.05, 0.1) is 32.1 Å². The molecule has 0 bridgehead atoms.